The van der Waals surface area contributed by atoms with E-state index < -0.39 is 40.6 Å². The molecule has 1 fully saturated rings. The lowest BCUT2D eigenvalue weighted by atomic mass is 9.84. The van der Waals surface area contributed by atoms with Gasteiger partial charge in [0.05, 0.1) is 23.7 Å². The predicted octanol–water partition coefficient (Wildman–Crippen LogP) is 7.65. The summed E-state index contributed by atoms with van der Waals surface area (Å²) in [6.07, 6.45) is 3.67. The lowest BCUT2D eigenvalue weighted by molar-refractivity contribution is -0.142. The Morgan fingerprint density at radius 3 is 2.18 bits per heavy atom. The van der Waals surface area contributed by atoms with Crippen LogP contribution in [-0.4, -0.2) is 50.7 Å². The van der Waals surface area contributed by atoms with E-state index in [0.29, 0.717) is 34.1 Å². The number of sulfonamides is 1. The molecule has 0 aromatic heterocycles. The first-order valence-corrected chi connectivity index (χ1v) is 18.5. The molecule has 0 bridgehead atoms. The number of para-hydroxylation sites is 1. The lowest BCUT2D eigenvalue weighted by Crippen LogP contribution is -2.35. The van der Waals surface area contributed by atoms with Crippen molar-refractivity contribution in [1.29, 1.82) is 0 Å². The van der Waals surface area contributed by atoms with Gasteiger partial charge in [-0.2, -0.15) is 0 Å². The van der Waals surface area contributed by atoms with Crippen LogP contribution in [0.15, 0.2) is 102 Å². The molecule has 1 saturated carbocycles. The molecule has 0 spiro atoms. The predicted molar refractivity (Wildman–Crippen MR) is 197 cm³/mol. The minimum atomic E-state index is -3.97. The topological polar surface area (TPSA) is 136 Å². The zero-order valence-corrected chi connectivity index (χ0v) is 29.5. The molecule has 1 aliphatic carbocycles. The van der Waals surface area contributed by atoms with E-state index >= 15 is 0 Å². The molecule has 3 amide bonds. The maximum atomic E-state index is 14.0. The first-order chi connectivity index (χ1) is 24.5. The minimum Gasteiger partial charge on any atom is -0.479 e. The van der Waals surface area contributed by atoms with Crippen molar-refractivity contribution in [2.75, 3.05) is 27.6 Å². The maximum absolute atomic E-state index is 14.0. The van der Waals surface area contributed by atoms with Crippen LogP contribution in [0.25, 0.3) is 0 Å². The number of nitrogens with zero attached hydrogens (tertiary/aromatic N) is 2. The molecule has 51 heavy (non-hydrogen) atoms. The van der Waals surface area contributed by atoms with Crippen molar-refractivity contribution in [1.82, 2.24) is 5.32 Å². The molecule has 5 rings (SSSR count). The second-order valence-electron chi connectivity index (χ2n) is 12.6. The summed E-state index contributed by atoms with van der Waals surface area (Å²) in [5, 5.41) is 13.9. The van der Waals surface area contributed by atoms with E-state index in [1.807, 2.05) is 30.3 Å². The van der Waals surface area contributed by atoms with Crippen LogP contribution in [0, 0.1) is 6.92 Å². The first kappa shape index (κ1) is 37.0. The Morgan fingerprint density at radius 1 is 0.882 bits per heavy atom. The Hall–Kier alpha value is -5.23. The Kier molecular flexibility index (Phi) is 12.1. The van der Waals surface area contributed by atoms with Crippen LogP contribution in [0.2, 0.25) is 0 Å². The number of carbonyl (C=O) groups excluding carboxylic acids is 2. The summed E-state index contributed by atoms with van der Waals surface area (Å²) in [6.45, 7) is 3.14. The summed E-state index contributed by atoms with van der Waals surface area (Å²) in [5.74, 6) is -1.81. The molecule has 0 aliphatic heterocycles. The molecule has 1 unspecified atom stereocenters. The second-order valence-corrected chi connectivity index (χ2v) is 14.5. The normalized spacial score (nSPS) is 13.9. The molecule has 1 aliphatic rings. The van der Waals surface area contributed by atoms with Crippen molar-refractivity contribution in [2.45, 2.75) is 69.5 Å². The number of alkyl halides is 1. The third kappa shape index (κ3) is 9.12. The van der Waals surface area contributed by atoms with Gasteiger partial charge in [0.15, 0.2) is 0 Å². The number of carbonyl (C=O) groups is 3. The molecule has 0 radical (unpaired) electrons. The molecule has 4 aromatic rings. The smallest absolute Gasteiger partial charge is 0.340 e. The van der Waals surface area contributed by atoms with E-state index in [-0.39, 0.29) is 23.5 Å². The van der Waals surface area contributed by atoms with Gasteiger partial charge >= 0.3 is 12.0 Å². The van der Waals surface area contributed by atoms with Crippen molar-refractivity contribution in [2.24, 2.45) is 0 Å². The number of nitrogens with one attached hydrogen (secondary N) is 2. The second kappa shape index (κ2) is 16.7. The van der Waals surface area contributed by atoms with E-state index in [4.69, 9.17) is 5.11 Å². The van der Waals surface area contributed by atoms with Crippen molar-refractivity contribution in [3.05, 3.63) is 119 Å². The number of benzene rings is 4. The number of urea groups is 1. The number of hydrogen-bond donors (Lipinski definition) is 3. The summed E-state index contributed by atoms with van der Waals surface area (Å²) in [7, 11) is -3.97. The Bertz CT molecular complexity index is 1930. The molecular formula is C39H43FN4O6S. The van der Waals surface area contributed by atoms with E-state index in [2.05, 4.69) is 10.6 Å². The fraction of sp³-hybridized carbons (Fsp3) is 0.308. The molecule has 3 N–H and O–H groups in total. The fourth-order valence-corrected chi connectivity index (χ4v) is 8.04. The van der Waals surface area contributed by atoms with Crippen LogP contribution >= 0.6 is 0 Å². The van der Waals surface area contributed by atoms with Crippen LogP contribution in [0.5, 0.6) is 0 Å². The zero-order chi connectivity index (χ0) is 36.5. The lowest BCUT2D eigenvalue weighted by Gasteiger charge is -2.26. The SMILES string of the molecule is CCN(c1ccccc1)S(=O)(=O)c1cc(NC(=O)N(Cc2ccc(C(=O)NCC(F)C(=O)O)cc2)c2ccc(C3CCCCC3)cc2)ccc1C. The number of amides is 3. The van der Waals surface area contributed by atoms with E-state index in [1.165, 1.54) is 52.2 Å². The van der Waals surface area contributed by atoms with E-state index in [0.717, 1.165) is 12.8 Å². The third-order valence-electron chi connectivity index (χ3n) is 9.13. The van der Waals surface area contributed by atoms with Gasteiger partial charge in [-0.05, 0) is 97.8 Å². The fourth-order valence-electron chi connectivity index (χ4n) is 6.31. The maximum Gasteiger partial charge on any atom is 0.340 e. The monoisotopic (exact) mass is 714 g/mol. The standard InChI is InChI=1S/C39H43FN4O6S/c1-3-44(34-12-8-5-9-13-34)51(49,50)36-24-32(21-14-27(36)2)42-39(48)43(33-22-19-30(20-23-33)29-10-6-4-7-11-29)26-28-15-17-31(18-16-28)37(45)41-25-35(40)38(46)47/h5,8-9,12-24,29,35H,3-4,6-7,10-11,25-26H2,1-2H3,(H,41,45)(H,42,48)(H,46,47). The Morgan fingerprint density at radius 2 is 1.55 bits per heavy atom. The summed E-state index contributed by atoms with van der Waals surface area (Å²) in [5.41, 5.74) is 4.10. The number of carboxylic acids is 1. The van der Waals surface area contributed by atoms with Gasteiger partial charge < -0.3 is 15.7 Å². The van der Waals surface area contributed by atoms with Crippen LogP contribution in [0.4, 0.5) is 26.2 Å². The van der Waals surface area contributed by atoms with E-state index in [1.54, 1.807) is 62.4 Å². The number of rotatable bonds is 13. The molecule has 268 valence electrons. The average Bonchev–Trinajstić information content (AvgIpc) is 3.14. The van der Waals surface area contributed by atoms with Gasteiger partial charge in [-0.3, -0.25) is 14.0 Å². The van der Waals surface area contributed by atoms with Crippen LogP contribution in [0.1, 0.15) is 72.0 Å². The van der Waals surface area contributed by atoms with Gasteiger partial charge in [0, 0.05) is 23.5 Å². The van der Waals surface area contributed by atoms with Crippen molar-refractivity contribution in [3.8, 4) is 0 Å². The number of aliphatic carboxylic acids is 1. The molecule has 10 nitrogen and oxygen atoms in total. The highest BCUT2D eigenvalue weighted by molar-refractivity contribution is 7.92. The van der Waals surface area contributed by atoms with Crippen molar-refractivity contribution >= 4 is 45.0 Å². The van der Waals surface area contributed by atoms with Gasteiger partial charge in [-0.15, -0.1) is 0 Å². The number of aryl methyl sites for hydroxylation is 1. The Balaban J connectivity index is 1.40. The highest BCUT2D eigenvalue weighted by Crippen LogP contribution is 2.34. The third-order valence-corrected chi connectivity index (χ3v) is 11.2. The van der Waals surface area contributed by atoms with Gasteiger partial charge in [0.1, 0.15) is 0 Å². The number of anilines is 3. The number of halogens is 1. The molecule has 4 aromatic carbocycles. The van der Waals surface area contributed by atoms with Gasteiger partial charge in [0.2, 0.25) is 6.17 Å². The highest BCUT2D eigenvalue weighted by Gasteiger charge is 2.27. The van der Waals surface area contributed by atoms with Crippen LogP contribution in [0.3, 0.4) is 0 Å². The summed E-state index contributed by atoms with van der Waals surface area (Å²) < 4.78 is 42.6. The zero-order valence-electron chi connectivity index (χ0n) is 28.7. The first-order valence-electron chi connectivity index (χ1n) is 17.1. The van der Waals surface area contributed by atoms with Crippen molar-refractivity contribution in [3.63, 3.8) is 0 Å². The summed E-state index contributed by atoms with van der Waals surface area (Å²) >= 11 is 0. The Labute approximate surface area is 298 Å². The molecular weight excluding hydrogens is 672 g/mol. The molecule has 0 heterocycles. The minimum absolute atomic E-state index is 0.0747. The molecule has 12 heteroatoms. The molecule has 1 atom stereocenters. The van der Waals surface area contributed by atoms with Gasteiger partial charge in [-0.25, -0.2) is 22.4 Å². The average molecular weight is 715 g/mol. The number of carboxylic acid groups (broad SMARTS) is 1. The quantitative estimate of drug-likeness (QED) is 0.130. The van der Waals surface area contributed by atoms with Crippen LogP contribution in [-0.2, 0) is 21.4 Å². The van der Waals surface area contributed by atoms with Crippen molar-refractivity contribution < 1.29 is 32.3 Å². The van der Waals surface area contributed by atoms with Crippen LogP contribution < -0.4 is 19.8 Å². The molecule has 0 saturated heterocycles. The summed E-state index contributed by atoms with van der Waals surface area (Å²) in [4.78, 5) is 38.9. The van der Waals surface area contributed by atoms with E-state index in [9.17, 15) is 27.2 Å². The van der Waals surface area contributed by atoms with Gasteiger partial charge in [-0.1, -0.05) is 67.8 Å². The van der Waals surface area contributed by atoms with Gasteiger partial charge in [0.25, 0.3) is 15.9 Å². The largest absolute Gasteiger partial charge is 0.479 e. The number of hydrogen-bond acceptors (Lipinski definition) is 5. The summed E-state index contributed by atoms with van der Waals surface area (Å²) in [6, 6.07) is 27.4. The highest BCUT2D eigenvalue weighted by atomic mass is 32.2.